The van der Waals surface area contributed by atoms with Crippen LogP contribution in [0.1, 0.15) is 38.3 Å². The number of hydrogen-bond acceptors (Lipinski definition) is 2. The molecule has 1 N–H and O–H groups in total. The molecule has 22 heavy (non-hydrogen) atoms. The molecule has 0 radical (unpaired) electrons. The van der Waals surface area contributed by atoms with Crippen LogP contribution >= 0.6 is 12.4 Å². The van der Waals surface area contributed by atoms with Crippen LogP contribution in [0.2, 0.25) is 0 Å². The third kappa shape index (κ3) is 4.15. The number of hydrogen-bond donors (Lipinski definition) is 1. The van der Waals surface area contributed by atoms with Gasteiger partial charge in [-0.3, -0.25) is 4.90 Å². The fourth-order valence-corrected chi connectivity index (χ4v) is 3.21. The van der Waals surface area contributed by atoms with E-state index in [0.717, 1.165) is 38.1 Å². The summed E-state index contributed by atoms with van der Waals surface area (Å²) in [5.41, 5.74) is -0.113. The van der Waals surface area contributed by atoms with Gasteiger partial charge in [-0.1, -0.05) is 20.3 Å². The first-order valence-corrected chi connectivity index (χ1v) is 7.64. The van der Waals surface area contributed by atoms with Crippen LogP contribution in [-0.4, -0.2) is 31.1 Å². The highest BCUT2D eigenvalue weighted by atomic mass is 35.5. The van der Waals surface area contributed by atoms with E-state index in [-0.39, 0.29) is 23.9 Å². The molecular weight excluding hydrogens is 313 g/mol. The number of nitrogens with one attached hydrogen (secondary N) is 1. The zero-order chi connectivity index (χ0) is 15.4. The van der Waals surface area contributed by atoms with Gasteiger partial charge in [-0.15, -0.1) is 12.4 Å². The Bertz CT molecular complexity index is 479. The number of benzene rings is 1. The summed E-state index contributed by atoms with van der Waals surface area (Å²) in [6.45, 7) is 7.04. The molecule has 0 aliphatic carbocycles. The van der Waals surface area contributed by atoms with Crippen molar-refractivity contribution in [2.75, 3.05) is 26.2 Å². The molecule has 6 heteroatoms. The van der Waals surface area contributed by atoms with Crippen LogP contribution in [0.25, 0.3) is 0 Å². The van der Waals surface area contributed by atoms with Crippen LogP contribution in [-0.2, 0) is 0 Å². The zero-order valence-electron chi connectivity index (χ0n) is 13.0. The van der Waals surface area contributed by atoms with Crippen molar-refractivity contribution >= 4 is 12.4 Å². The minimum absolute atomic E-state index is 0. The van der Waals surface area contributed by atoms with Gasteiger partial charge in [0.25, 0.3) is 0 Å². The fraction of sp³-hybridized carbons (Fsp3) is 0.625. The number of rotatable bonds is 5. The molecule has 126 valence electrons. The van der Waals surface area contributed by atoms with Gasteiger partial charge in [-0.05, 0) is 24.5 Å². The summed E-state index contributed by atoms with van der Waals surface area (Å²) in [5, 5.41) is 3.23. The molecule has 1 aromatic carbocycles. The SMILES string of the molecule is CCCC(C)[C@@H](c1c(F)ccc(F)c1F)N1CCNCC1.Cl. The quantitative estimate of drug-likeness (QED) is 0.820. The highest BCUT2D eigenvalue weighted by Gasteiger charge is 2.32. The van der Waals surface area contributed by atoms with Crippen molar-refractivity contribution in [1.29, 1.82) is 0 Å². The average molecular weight is 337 g/mol. The van der Waals surface area contributed by atoms with E-state index in [9.17, 15) is 13.2 Å². The highest BCUT2D eigenvalue weighted by molar-refractivity contribution is 5.85. The molecule has 1 fully saturated rings. The van der Waals surface area contributed by atoms with Crippen molar-refractivity contribution in [2.45, 2.75) is 32.7 Å². The molecular formula is C16H24ClF3N2. The van der Waals surface area contributed by atoms with Crippen LogP contribution in [0.3, 0.4) is 0 Å². The number of piperazine rings is 1. The molecule has 1 aliphatic heterocycles. The minimum atomic E-state index is -1.04. The standard InChI is InChI=1S/C16H23F3N2.ClH/c1-3-4-11(2)16(21-9-7-20-8-10-21)14-12(17)5-6-13(18)15(14)19;/h5-6,11,16,20H,3-4,7-10H2,1-2H3;1H/t11?,16-;/m0./s1. The van der Waals surface area contributed by atoms with Crippen LogP contribution < -0.4 is 5.32 Å². The van der Waals surface area contributed by atoms with Gasteiger partial charge in [0.15, 0.2) is 11.6 Å². The lowest BCUT2D eigenvalue weighted by molar-refractivity contribution is 0.119. The summed E-state index contributed by atoms with van der Waals surface area (Å²) in [4.78, 5) is 2.07. The first kappa shape index (κ1) is 19.3. The van der Waals surface area contributed by atoms with Crippen LogP contribution in [0.15, 0.2) is 12.1 Å². The smallest absolute Gasteiger partial charge is 0.166 e. The highest BCUT2D eigenvalue weighted by Crippen LogP contribution is 2.35. The maximum Gasteiger partial charge on any atom is 0.166 e. The first-order valence-electron chi connectivity index (χ1n) is 7.64. The van der Waals surface area contributed by atoms with Gasteiger partial charge < -0.3 is 5.32 Å². The molecule has 1 saturated heterocycles. The third-order valence-corrected chi connectivity index (χ3v) is 4.20. The lowest BCUT2D eigenvalue weighted by Gasteiger charge is -2.38. The maximum absolute atomic E-state index is 14.2. The Labute approximate surface area is 136 Å². The van der Waals surface area contributed by atoms with Gasteiger partial charge in [-0.25, -0.2) is 13.2 Å². The molecule has 2 nitrogen and oxygen atoms in total. The molecule has 2 atom stereocenters. The summed E-state index contributed by atoms with van der Waals surface area (Å²) in [5.74, 6) is -2.60. The molecule has 0 spiro atoms. The van der Waals surface area contributed by atoms with Gasteiger partial charge in [-0.2, -0.15) is 0 Å². The Morgan fingerprint density at radius 2 is 1.73 bits per heavy atom. The van der Waals surface area contributed by atoms with Crippen molar-refractivity contribution < 1.29 is 13.2 Å². The normalized spacial score (nSPS) is 18.6. The largest absolute Gasteiger partial charge is 0.314 e. The second kappa shape index (κ2) is 8.75. The zero-order valence-corrected chi connectivity index (χ0v) is 13.9. The summed E-state index contributed by atoms with van der Waals surface area (Å²) < 4.78 is 42.0. The van der Waals surface area contributed by atoms with Gasteiger partial charge in [0, 0.05) is 37.8 Å². The summed E-state index contributed by atoms with van der Waals surface area (Å²) >= 11 is 0. The summed E-state index contributed by atoms with van der Waals surface area (Å²) in [6, 6.07) is 1.47. The van der Waals surface area contributed by atoms with Crippen molar-refractivity contribution in [1.82, 2.24) is 10.2 Å². The van der Waals surface area contributed by atoms with Gasteiger partial charge in [0.05, 0.1) is 0 Å². The van der Waals surface area contributed by atoms with Crippen molar-refractivity contribution in [3.05, 3.63) is 35.1 Å². The lowest BCUT2D eigenvalue weighted by Crippen LogP contribution is -2.47. The molecule has 1 aromatic rings. The molecule has 0 aromatic heterocycles. The number of halogens is 4. The Balaban J connectivity index is 0.00000242. The summed E-state index contributed by atoms with van der Waals surface area (Å²) in [6.07, 6.45) is 1.78. The Kier molecular flexibility index (Phi) is 7.66. The van der Waals surface area contributed by atoms with Crippen molar-refractivity contribution in [2.24, 2.45) is 5.92 Å². The van der Waals surface area contributed by atoms with E-state index < -0.39 is 23.5 Å². The van der Waals surface area contributed by atoms with Gasteiger partial charge in [0.1, 0.15) is 5.82 Å². The number of nitrogens with zero attached hydrogens (tertiary/aromatic N) is 1. The Morgan fingerprint density at radius 3 is 2.32 bits per heavy atom. The van der Waals surface area contributed by atoms with Crippen LogP contribution in [0, 0.1) is 23.4 Å². The second-order valence-corrected chi connectivity index (χ2v) is 5.75. The predicted octanol–water partition coefficient (Wildman–Crippen LogP) is 3.91. The topological polar surface area (TPSA) is 15.3 Å². The summed E-state index contributed by atoms with van der Waals surface area (Å²) in [7, 11) is 0. The van der Waals surface area contributed by atoms with E-state index >= 15 is 0 Å². The molecule has 0 saturated carbocycles. The lowest BCUT2D eigenvalue weighted by atomic mass is 9.88. The average Bonchev–Trinajstić information content (AvgIpc) is 2.48. The Hall–Kier alpha value is -0.780. The molecule has 1 unspecified atom stereocenters. The van der Waals surface area contributed by atoms with E-state index in [2.05, 4.69) is 10.2 Å². The second-order valence-electron chi connectivity index (χ2n) is 5.75. The van der Waals surface area contributed by atoms with E-state index in [1.807, 2.05) is 13.8 Å². The van der Waals surface area contributed by atoms with Gasteiger partial charge >= 0.3 is 0 Å². The molecule has 2 rings (SSSR count). The molecule has 1 heterocycles. The van der Waals surface area contributed by atoms with E-state index in [4.69, 9.17) is 0 Å². The third-order valence-electron chi connectivity index (χ3n) is 4.20. The first-order chi connectivity index (χ1) is 10.1. The molecule has 0 amide bonds. The van der Waals surface area contributed by atoms with E-state index in [0.29, 0.717) is 13.1 Å². The Morgan fingerprint density at radius 1 is 1.14 bits per heavy atom. The molecule has 0 bridgehead atoms. The van der Waals surface area contributed by atoms with Gasteiger partial charge in [0.2, 0.25) is 0 Å². The van der Waals surface area contributed by atoms with Crippen molar-refractivity contribution in [3.63, 3.8) is 0 Å². The van der Waals surface area contributed by atoms with E-state index in [1.54, 1.807) is 0 Å². The molecule has 1 aliphatic rings. The predicted molar refractivity (Wildman–Crippen MR) is 84.8 cm³/mol. The fourth-order valence-electron chi connectivity index (χ4n) is 3.21. The van der Waals surface area contributed by atoms with Crippen LogP contribution in [0.5, 0.6) is 0 Å². The van der Waals surface area contributed by atoms with E-state index in [1.165, 1.54) is 0 Å². The monoisotopic (exact) mass is 336 g/mol. The van der Waals surface area contributed by atoms with Crippen molar-refractivity contribution in [3.8, 4) is 0 Å². The minimum Gasteiger partial charge on any atom is -0.314 e. The van der Waals surface area contributed by atoms with Crippen LogP contribution in [0.4, 0.5) is 13.2 Å². The maximum atomic E-state index is 14.2.